The summed E-state index contributed by atoms with van der Waals surface area (Å²) in [6.45, 7) is 5.33. The van der Waals surface area contributed by atoms with Crippen molar-refractivity contribution in [2.75, 3.05) is 30.3 Å². The summed E-state index contributed by atoms with van der Waals surface area (Å²) in [6, 6.07) is 5.34. The minimum Gasteiger partial charge on any atom is -0.461 e. The van der Waals surface area contributed by atoms with E-state index in [9.17, 15) is 14.9 Å². The van der Waals surface area contributed by atoms with Gasteiger partial charge in [-0.1, -0.05) is 0 Å². The second-order valence-corrected chi connectivity index (χ2v) is 6.55. The van der Waals surface area contributed by atoms with Gasteiger partial charge in [-0.25, -0.2) is 9.78 Å². The van der Waals surface area contributed by atoms with Gasteiger partial charge in [0.2, 0.25) is 0 Å². The van der Waals surface area contributed by atoms with Gasteiger partial charge in [0.25, 0.3) is 5.69 Å². The molecule has 2 heterocycles. The molecule has 144 valence electrons. The molecule has 0 bridgehead atoms. The highest BCUT2D eigenvalue weighted by molar-refractivity contribution is 5.92. The average molecular weight is 373 g/mol. The van der Waals surface area contributed by atoms with Crippen molar-refractivity contribution >= 4 is 23.2 Å². The summed E-state index contributed by atoms with van der Waals surface area (Å²) in [5.74, 6) is -0.175. The van der Waals surface area contributed by atoms with Crippen LogP contribution in [0.4, 0.5) is 17.2 Å². The summed E-state index contributed by atoms with van der Waals surface area (Å²) in [6.07, 6.45) is 3.26. The summed E-state index contributed by atoms with van der Waals surface area (Å²) < 4.78 is 6.81. The predicted molar refractivity (Wildman–Crippen MR) is 101 cm³/mol. The Labute approximate surface area is 156 Å². The first-order valence-corrected chi connectivity index (χ1v) is 8.91. The molecule has 9 nitrogen and oxygen atoms in total. The third-order valence-electron chi connectivity index (χ3n) is 4.90. The molecule has 0 spiro atoms. The number of ether oxygens (including phenoxy) is 1. The summed E-state index contributed by atoms with van der Waals surface area (Å²) >= 11 is 0. The number of carbonyl (C=O) groups excluding carboxylic acids is 1. The number of nitro groups is 1. The number of carbonyl (C=O) groups is 1. The summed E-state index contributed by atoms with van der Waals surface area (Å²) in [5, 5.41) is 11.0. The van der Waals surface area contributed by atoms with E-state index in [1.165, 1.54) is 0 Å². The Morgan fingerprint density at radius 2 is 2.11 bits per heavy atom. The van der Waals surface area contributed by atoms with Crippen LogP contribution in [0.5, 0.6) is 0 Å². The lowest BCUT2D eigenvalue weighted by atomic mass is 10.0. The Kier molecular flexibility index (Phi) is 5.29. The van der Waals surface area contributed by atoms with Gasteiger partial charge in [0.1, 0.15) is 5.82 Å². The maximum Gasteiger partial charge on any atom is 0.360 e. The molecule has 0 atom stereocenters. The highest BCUT2D eigenvalue weighted by Gasteiger charge is 2.26. The molecular formula is C18H23N5O4. The molecule has 3 rings (SSSR count). The lowest BCUT2D eigenvalue weighted by Gasteiger charge is -2.34. The van der Waals surface area contributed by atoms with Crippen LogP contribution >= 0.6 is 0 Å². The van der Waals surface area contributed by atoms with Gasteiger partial charge in [0.15, 0.2) is 5.69 Å². The molecule has 1 saturated heterocycles. The first kappa shape index (κ1) is 18.7. The van der Waals surface area contributed by atoms with E-state index >= 15 is 0 Å². The topological polar surface area (TPSA) is 117 Å². The van der Waals surface area contributed by atoms with Crippen LogP contribution in [0.2, 0.25) is 0 Å². The van der Waals surface area contributed by atoms with Gasteiger partial charge in [-0.05, 0) is 38.8 Å². The number of aryl methyl sites for hydroxylation is 1. The first-order valence-electron chi connectivity index (χ1n) is 8.91. The van der Waals surface area contributed by atoms with Crippen LogP contribution in [-0.4, -0.2) is 40.1 Å². The van der Waals surface area contributed by atoms with Crippen molar-refractivity contribution in [2.45, 2.75) is 32.7 Å². The number of imidazole rings is 1. The number of benzene rings is 1. The lowest BCUT2D eigenvalue weighted by Crippen LogP contribution is -2.34. The minimum atomic E-state index is -0.507. The number of esters is 1. The van der Waals surface area contributed by atoms with Gasteiger partial charge < -0.3 is 19.9 Å². The van der Waals surface area contributed by atoms with Gasteiger partial charge in [-0.3, -0.25) is 10.1 Å². The number of anilines is 2. The van der Waals surface area contributed by atoms with Crippen molar-refractivity contribution in [3.8, 4) is 0 Å². The van der Waals surface area contributed by atoms with E-state index in [0.29, 0.717) is 11.4 Å². The molecule has 0 radical (unpaired) electrons. The number of nitrogens with two attached hydrogens (primary N) is 1. The SMILES string of the molecule is CCOC(=O)c1ncn(C2CCN(c3ccc([N+](=O)[O-])c(C)c3)CC2)c1N. The number of piperidine rings is 1. The number of nitrogens with zero attached hydrogens (tertiary/aromatic N) is 4. The van der Waals surface area contributed by atoms with E-state index < -0.39 is 5.97 Å². The van der Waals surface area contributed by atoms with Crippen molar-refractivity contribution in [3.63, 3.8) is 0 Å². The van der Waals surface area contributed by atoms with E-state index in [-0.39, 0.29) is 29.0 Å². The van der Waals surface area contributed by atoms with Gasteiger partial charge in [-0.2, -0.15) is 0 Å². The molecule has 0 amide bonds. The van der Waals surface area contributed by atoms with Crippen molar-refractivity contribution < 1.29 is 14.5 Å². The van der Waals surface area contributed by atoms with E-state index in [4.69, 9.17) is 10.5 Å². The number of rotatable bonds is 5. The van der Waals surface area contributed by atoms with Gasteiger partial charge >= 0.3 is 5.97 Å². The quantitative estimate of drug-likeness (QED) is 0.486. The molecule has 2 N–H and O–H groups in total. The Hall–Kier alpha value is -3.10. The van der Waals surface area contributed by atoms with Crippen molar-refractivity contribution in [1.29, 1.82) is 0 Å². The molecule has 1 aromatic heterocycles. The fraction of sp³-hybridized carbons (Fsp3) is 0.444. The first-order chi connectivity index (χ1) is 12.9. The van der Waals surface area contributed by atoms with E-state index in [0.717, 1.165) is 31.6 Å². The molecular weight excluding hydrogens is 350 g/mol. The van der Waals surface area contributed by atoms with E-state index in [2.05, 4.69) is 9.88 Å². The third kappa shape index (κ3) is 3.71. The molecule has 0 aliphatic carbocycles. The smallest absolute Gasteiger partial charge is 0.360 e. The van der Waals surface area contributed by atoms with Gasteiger partial charge in [0.05, 0.1) is 17.9 Å². The van der Waals surface area contributed by atoms with Gasteiger partial charge in [-0.15, -0.1) is 0 Å². The van der Waals surface area contributed by atoms with Crippen molar-refractivity contribution in [1.82, 2.24) is 9.55 Å². The highest BCUT2D eigenvalue weighted by atomic mass is 16.6. The predicted octanol–water partition coefficient (Wildman–Crippen LogP) is 2.70. The minimum absolute atomic E-state index is 0.131. The molecule has 1 aliphatic rings. The van der Waals surface area contributed by atoms with Gasteiger partial charge in [0, 0.05) is 36.4 Å². The van der Waals surface area contributed by atoms with Crippen molar-refractivity contribution in [3.05, 3.63) is 45.9 Å². The molecule has 27 heavy (non-hydrogen) atoms. The number of nitro benzene ring substituents is 1. The van der Waals surface area contributed by atoms with E-state index in [1.54, 1.807) is 32.3 Å². The van der Waals surface area contributed by atoms with E-state index in [1.807, 2.05) is 10.6 Å². The maximum atomic E-state index is 11.9. The largest absolute Gasteiger partial charge is 0.461 e. The molecule has 9 heteroatoms. The maximum absolute atomic E-state index is 11.9. The second kappa shape index (κ2) is 7.65. The van der Waals surface area contributed by atoms with Crippen LogP contribution in [0.1, 0.15) is 41.9 Å². The molecule has 1 fully saturated rings. The van der Waals surface area contributed by atoms with Crippen LogP contribution < -0.4 is 10.6 Å². The third-order valence-corrected chi connectivity index (χ3v) is 4.90. The van der Waals surface area contributed by atoms with Crippen LogP contribution in [0.25, 0.3) is 0 Å². The normalized spacial score (nSPS) is 15.0. The van der Waals surface area contributed by atoms with Crippen LogP contribution in [0, 0.1) is 17.0 Å². The van der Waals surface area contributed by atoms with Crippen LogP contribution in [0.3, 0.4) is 0 Å². The summed E-state index contributed by atoms with van der Waals surface area (Å²) in [7, 11) is 0. The lowest BCUT2D eigenvalue weighted by molar-refractivity contribution is -0.385. The standard InChI is InChI=1S/C18H23N5O4/c1-3-27-18(24)16-17(19)22(11-20-16)13-6-8-21(9-7-13)14-4-5-15(23(25)26)12(2)10-14/h4-5,10-11,13H,3,6-9,19H2,1-2H3. The molecule has 0 saturated carbocycles. The Bertz CT molecular complexity index is 855. The monoisotopic (exact) mass is 373 g/mol. The number of nitrogen functional groups attached to an aromatic ring is 1. The Balaban J connectivity index is 1.68. The number of hydrogen-bond donors (Lipinski definition) is 1. The Morgan fingerprint density at radius 3 is 2.70 bits per heavy atom. The molecule has 1 aromatic carbocycles. The highest BCUT2D eigenvalue weighted by Crippen LogP contribution is 2.31. The number of hydrogen-bond acceptors (Lipinski definition) is 7. The Morgan fingerprint density at radius 1 is 1.41 bits per heavy atom. The molecule has 0 unspecified atom stereocenters. The zero-order chi connectivity index (χ0) is 19.6. The second-order valence-electron chi connectivity index (χ2n) is 6.55. The van der Waals surface area contributed by atoms with Crippen LogP contribution in [-0.2, 0) is 4.74 Å². The van der Waals surface area contributed by atoms with Crippen molar-refractivity contribution in [2.24, 2.45) is 0 Å². The average Bonchev–Trinajstić information content (AvgIpc) is 3.03. The fourth-order valence-electron chi connectivity index (χ4n) is 3.46. The summed E-state index contributed by atoms with van der Waals surface area (Å²) in [5.41, 5.74) is 8.01. The van der Waals surface area contributed by atoms with Crippen LogP contribution in [0.15, 0.2) is 24.5 Å². The summed E-state index contributed by atoms with van der Waals surface area (Å²) in [4.78, 5) is 28.8. The molecule has 1 aliphatic heterocycles. The number of aromatic nitrogens is 2. The fourth-order valence-corrected chi connectivity index (χ4v) is 3.46. The molecule has 2 aromatic rings. The zero-order valence-electron chi connectivity index (χ0n) is 15.4. The zero-order valence-corrected chi connectivity index (χ0v) is 15.4.